The number of carbonyl (C=O) groups is 2. The Hall–Kier alpha value is -2.36. The molecule has 1 unspecified atom stereocenters. The van der Waals surface area contributed by atoms with Crippen LogP contribution in [0.1, 0.15) is 39.1 Å². The number of nitrogens with zero attached hydrogens (tertiary/aromatic N) is 1. The second-order valence-electron chi connectivity index (χ2n) is 8.15. The van der Waals surface area contributed by atoms with Crippen molar-refractivity contribution in [1.29, 1.82) is 0 Å². The first-order valence-electron chi connectivity index (χ1n) is 10.4. The average molecular weight is 508 g/mol. The number of fused-ring (bicyclic) bond motifs is 1. The molecular weight excluding hydrogens is 485 g/mol. The average Bonchev–Trinajstić information content (AvgIpc) is 3.16. The van der Waals surface area contributed by atoms with Gasteiger partial charge in [-0.2, -0.15) is 0 Å². The van der Waals surface area contributed by atoms with E-state index in [4.69, 9.17) is 28.9 Å². The van der Waals surface area contributed by atoms with Crippen LogP contribution in [0.15, 0.2) is 30.3 Å². The number of anilines is 1. The Kier molecular flexibility index (Phi) is 7.11. The lowest BCUT2D eigenvalue weighted by molar-refractivity contribution is 0.100. The molecule has 2 aromatic carbocycles. The third kappa shape index (κ3) is 4.95. The predicted molar refractivity (Wildman–Crippen MR) is 132 cm³/mol. The summed E-state index contributed by atoms with van der Waals surface area (Å²) in [6.45, 7) is 2.81. The summed E-state index contributed by atoms with van der Waals surface area (Å²) in [6.07, 6.45) is 2.12. The number of aliphatic hydroxyl groups excluding tert-OH is 1. The van der Waals surface area contributed by atoms with Crippen LogP contribution in [0, 0.1) is 5.92 Å². The minimum absolute atomic E-state index is 0.00370. The largest absolute Gasteiger partial charge is 0.505 e. The number of hydrogen-bond donors (Lipinski definition) is 4. The number of carbonyl (C=O) groups excluding carboxylic acids is 2. The highest BCUT2D eigenvalue weighted by Gasteiger charge is 2.24. The SMILES string of the molecule is NC(=O)c1c(NC(=O)c2ccc(CN3CCCC(CO)C3)cc2)sc2c(Cl)c(O)c(Cl)cc12. The predicted octanol–water partition coefficient (Wildman–Crippen LogP) is 4.47. The molecule has 10 heteroatoms. The van der Waals surface area contributed by atoms with Crippen molar-refractivity contribution >= 4 is 61.4 Å². The van der Waals surface area contributed by atoms with Crippen molar-refractivity contribution in [1.82, 2.24) is 4.90 Å². The minimum atomic E-state index is -0.743. The standard InChI is InChI=1S/C23H23Cl2N3O4S/c24-16-8-15-17(21(26)31)23(33-20(15)18(25)19(16)30)27-22(32)14-5-3-12(4-6-14)9-28-7-1-2-13(10-28)11-29/h3-6,8,13,29-30H,1-2,7,9-11H2,(H2,26,31)(H,27,32). The molecule has 0 spiro atoms. The molecular formula is C23H23Cl2N3O4S. The molecule has 1 fully saturated rings. The normalized spacial score (nSPS) is 16.8. The van der Waals surface area contributed by atoms with Crippen molar-refractivity contribution in [2.45, 2.75) is 19.4 Å². The van der Waals surface area contributed by atoms with Gasteiger partial charge >= 0.3 is 0 Å². The Morgan fingerprint density at radius 3 is 2.64 bits per heavy atom. The first-order valence-corrected chi connectivity index (χ1v) is 12.0. The molecule has 7 nitrogen and oxygen atoms in total. The van der Waals surface area contributed by atoms with E-state index in [1.807, 2.05) is 12.1 Å². The van der Waals surface area contributed by atoms with Gasteiger partial charge in [-0.1, -0.05) is 35.3 Å². The molecule has 0 saturated carbocycles. The second kappa shape index (κ2) is 9.87. The summed E-state index contributed by atoms with van der Waals surface area (Å²) in [6, 6.07) is 8.65. The van der Waals surface area contributed by atoms with Crippen LogP contribution >= 0.6 is 34.5 Å². The van der Waals surface area contributed by atoms with Crippen LogP contribution < -0.4 is 11.1 Å². The highest BCUT2D eigenvalue weighted by molar-refractivity contribution is 7.24. The van der Waals surface area contributed by atoms with E-state index < -0.39 is 11.8 Å². The van der Waals surface area contributed by atoms with E-state index in [0.29, 0.717) is 21.6 Å². The molecule has 0 aliphatic carbocycles. The number of piperidine rings is 1. The van der Waals surface area contributed by atoms with Gasteiger partial charge in [-0.05, 0) is 49.1 Å². The number of halogens is 2. The van der Waals surface area contributed by atoms with Gasteiger partial charge in [0.25, 0.3) is 11.8 Å². The summed E-state index contributed by atoms with van der Waals surface area (Å²) in [5.41, 5.74) is 7.14. The number of phenolic OH excluding ortho intramolecular Hbond substituents is 1. The zero-order valence-corrected chi connectivity index (χ0v) is 19.9. The molecule has 1 aliphatic heterocycles. The molecule has 5 N–H and O–H groups in total. The molecule has 3 aromatic rings. The van der Waals surface area contributed by atoms with Gasteiger partial charge in [0.2, 0.25) is 0 Å². The van der Waals surface area contributed by atoms with Crippen LogP contribution in [0.3, 0.4) is 0 Å². The minimum Gasteiger partial charge on any atom is -0.505 e. The molecule has 4 rings (SSSR count). The fourth-order valence-corrected chi connectivity index (χ4v) is 5.81. The molecule has 1 saturated heterocycles. The van der Waals surface area contributed by atoms with E-state index in [0.717, 1.165) is 49.4 Å². The Bertz CT molecular complexity index is 1210. The van der Waals surface area contributed by atoms with Gasteiger partial charge in [-0.25, -0.2) is 0 Å². The van der Waals surface area contributed by atoms with E-state index >= 15 is 0 Å². The van der Waals surface area contributed by atoms with Crippen LogP contribution in [0.2, 0.25) is 10.0 Å². The third-order valence-electron chi connectivity index (χ3n) is 5.81. The molecule has 0 radical (unpaired) electrons. The third-order valence-corrected chi connectivity index (χ3v) is 7.71. The van der Waals surface area contributed by atoms with E-state index in [9.17, 15) is 19.8 Å². The number of rotatable bonds is 6. The number of thiophene rings is 1. The van der Waals surface area contributed by atoms with Crippen LogP contribution in [0.5, 0.6) is 5.75 Å². The van der Waals surface area contributed by atoms with Crippen molar-refractivity contribution in [2.75, 3.05) is 25.0 Å². The van der Waals surface area contributed by atoms with Crippen molar-refractivity contribution in [3.63, 3.8) is 0 Å². The molecule has 174 valence electrons. The number of hydrogen-bond acceptors (Lipinski definition) is 6. The lowest BCUT2D eigenvalue weighted by atomic mass is 9.98. The number of aliphatic hydroxyl groups is 1. The number of primary amides is 1. The van der Waals surface area contributed by atoms with Crippen LogP contribution in [-0.2, 0) is 6.54 Å². The van der Waals surface area contributed by atoms with Crippen LogP contribution in [0.25, 0.3) is 10.1 Å². The summed E-state index contributed by atoms with van der Waals surface area (Å²) in [7, 11) is 0. The number of benzene rings is 2. The highest BCUT2D eigenvalue weighted by Crippen LogP contribution is 2.46. The lowest BCUT2D eigenvalue weighted by Gasteiger charge is -2.31. The van der Waals surface area contributed by atoms with Crippen molar-refractivity contribution in [3.8, 4) is 5.75 Å². The summed E-state index contributed by atoms with van der Waals surface area (Å²) >= 11 is 13.2. The van der Waals surface area contributed by atoms with Gasteiger partial charge in [0.15, 0.2) is 5.75 Å². The molecule has 1 aliphatic rings. The zero-order valence-electron chi connectivity index (χ0n) is 17.6. The highest BCUT2D eigenvalue weighted by atomic mass is 35.5. The summed E-state index contributed by atoms with van der Waals surface area (Å²) in [5, 5.41) is 22.7. The van der Waals surface area contributed by atoms with E-state index in [1.54, 1.807) is 12.1 Å². The van der Waals surface area contributed by atoms with Crippen molar-refractivity contribution in [3.05, 3.63) is 57.1 Å². The molecule has 2 heterocycles. The fraction of sp³-hybridized carbons (Fsp3) is 0.304. The number of likely N-dealkylation sites (tertiary alicyclic amines) is 1. The van der Waals surface area contributed by atoms with E-state index in [1.165, 1.54) is 6.07 Å². The monoisotopic (exact) mass is 507 g/mol. The Morgan fingerprint density at radius 2 is 1.97 bits per heavy atom. The summed E-state index contributed by atoms with van der Waals surface area (Å²) in [4.78, 5) is 27.3. The fourth-order valence-electron chi connectivity index (χ4n) is 4.12. The summed E-state index contributed by atoms with van der Waals surface area (Å²) < 4.78 is 0.403. The van der Waals surface area contributed by atoms with Gasteiger partial charge < -0.3 is 21.3 Å². The van der Waals surface area contributed by atoms with Gasteiger partial charge in [0.05, 0.1) is 15.3 Å². The van der Waals surface area contributed by atoms with Crippen molar-refractivity contribution in [2.24, 2.45) is 11.7 Å². The zero-order chi connectivity index (χ0) is 23.7. The lowest BCUT2D eigenvalue weighted by Crippen LogP contribution is -2.36. The molecule has 1 aromatic heterocycles. The quantitative estimate of drug-likeness (QED) is 0.392. The van der Waals surface area contributed by atoms with Gasteiger partial charge in [0.1, 0.15) is 10.0 Å². The van der Waals surface area contributed by atoms with Crippen LogP contribution in [0.4, 0.5) is 5.00 Å². The van der Waals surface area contributed by atoms with E-state index in [-0.39, 0.29) is 33.0 Å². The smallest absolute Gasteiger partial charge is 0.256 e. The molecule has 2 amide bonds. The molecule has 1 atom stereocenters. The molecule has 33 heavy (non-hydrogen) atoms. The van der Waals surface area contributed by atoms with Gasteiger partial charge in [-0.3, -0.25) is 14.5 Å². The first-order chi connectivity index (χ1) is 15.8. The number of aromatic hydroxyl groups is 1. The maximum absolute atomic E-state index is 12.9. The Morgan fingerprint density at radius 1 is 1.24 bits per heavy atom. The summed E-state index contributed by atoms with van der Waals surface area (Å²) in [5.74, 6) is -1.13. The first kappa shape index (κ1) is 23.8. The maximum Gasteiger partial charge on any atom is 0.256 e. The number of phenols is 1. The Labute approximate surface area is 204 Å². The van der Waals surface area contributed by atoms with Crippen LogP contribution in [-0.4, -0.2) is 46.6 Å². The van der Waals surface area contributed by atoms with Gasteiger partial charge in [-0.15, -0.1) is 11.3 Å². The van der Waals surface area contributed by atoms with Crippen molar-refractivity contribution < 1.29 is 19.8 Å². The number of nitrogens with two attached hydrogens (primary N) is 1. The van der Waals surface area contributed by atoms with E-state index in [2.05, 4.69) is 10.2 Å². The van der Waals surface area contributed by atoms with Gasteiger partial charge in [0, 0.05) is 30.6 Å². The number of nitrogens with one attached hydrogen (secondary N) is 1. The number of amides is 2. The molecule has 0 bridgehead atoms. The topological polar surface area (TPSA) is 116 Å². The second-order valence-corrected chi connectivity index (χ2v) is 9.95. The maximum atomic E-state index is 12.9. The Balaban J connectivity index is 1.53.